The van der Waals surface area contributed by atoms with Crippen LogP contribution in [0.3, 0.4) is 0 Å². The first kappa shape index (κ1) is 15.5. The second kappa shape index (κ2) is 6.72. The molecular weight excluding hydrogens is 286 g/mol. The number of pyridine rings is 1. The second-order valence-electron chi connectivity index (χ2n) is 5.07. The molecule has 1 aromatic carbocycles. The van der Waals surface area contributed by atoms with Gasteiger partial charge >= 0.3 is 0 Å². The molecule has 0 fully saturated rings. The van der Waals surface area contributed by atoms with Crippen LogP contribution >= 0.6 is 11.6 Å². The molecule has 21 heavy (non-hydrogen) atoms. The molecule has 0 aliphatic carbocycles. The molecule has 4 heteroatoms. The Hall–Kier alpha value is -1.87. The van der Waals surface area contributed by atoms with Crippen molar-refractivity contribution in [2.24, 2.45) is 0 Å². The van der Waals surface area contributed by atoms with Crippen molar-refractivity contribution in [3.8, 4) is 11.3 Å². The van der Waals surface area contributed by atoms with Gasteiger partial charge in [-0.05, 0) is 36.6 Å². The average Bonchev–Trinajstić information content (AvgIpc) is 2.49. The van der Waals surface area contributed by atoms with Gasteiger partial charge in [-0.1, -0.05) is 43.3 Å². The fraction of sp³-hybridized carbons (Fsp3) is 0.294. The van der Waals surface area contributed by atoms with Crippen molar-refractivity contribution >= 4 is 16.8 Å². The second-order valence-corrected chi connectivity index (χ2v) is 5.50. The summed E-state index contributed by atoms with van der Waals surface area (Å²) in [5.41, 5.74) is 2.15. The Morgan fingerprint density at radius 2 is 1.86 bits per heavy atom. The lowest BCUT2D eigenvalue weighted by Gasteiger charge is -2.19. The molecule has 0 aliphatic rings. The summed E-state index contributed by atoms with van der Waals surface area (Å²) in [5, 5.41) is -0.518. The van der Waals surface area contributed by atoms with Crippen LogP contribution < -0.4 is 5.56 Å². The lowest BCUT2D eigenvalue weighted by atomic mass is 10.1. The number of carbonyl (C=O) groups is 1. The minimum absolute atomic E-state index is 0.0358. The summed E-state index contributed by atoms with van der Waals surface area (Å²) in [7, 11) is 0. The molecule has 0 amide bonds. The van der Waals surface area contributed by atoms with E-state index >= 15 is 0 Å². The molecule has 0 saturated carbocycles. The lowest BCUT2D eigenvalue weighted by Crippen LogP contribution is -2.28. The van der Waals surface area contributed by atoms with Crippen LogP contribution in [0.2, 0.25) is 0 Å². The zero-order valence-electron chi connectivity index (χ0n) is 12.2. The SMILES string of the molecule is CCC(C)n1c(-c2ccccc2)ccc(CC(=O)Cl)c1=O. The molecule has 2 rings (SSSR count). The fourth-order valence-electron chi connectivity index (χ4n) is 2.34. The number of rotatable bonds is 5. The van der Waals surface area contributed by atoms with E-state index in [2.05, 4.69) is 0 Å². The van der Waals surface area contributed by atoms with Gasteiger partial charge in [0, 0.05) is 11.6 Å². The minimum Gasteiger partial charge on any atom is -0.305 e. The normalized spacial score (nSPS) is 12.1. The van der Waals surface area contributed by atoms with Crippen LogP contribution in [0.15, 0.2) is 47.3 Å². The van der Waals surface area contributed by atoms with Gasteiger partial charge in [-0.15, -0.1) is 0 Å². The number of hydrogen-bond acceptors (Lipinski definition) is 2. The summed E-state index contributed by atoms with van der Waals surface area (Å²) in [6, 6.07) is 13.4. The van der Waals surface area contributed by atoms with Gasteiger partial charge in [-0.3, -0.25) is 9.59 Å². The van der Waals surface area contributed by atoms with Gasteiger partial charge in [0.15, 0.2) is 0 Å². The number of nitrogens with zero attached hydrogens (tertiary/aromatic N) is 1. The number of hydrogen-bond donors (Lipinski definition) is 0. The van der Waals surface area contributed by atoms with E-state index in [0.29, 0.717) is 5.56 Å². The van der Waals surface area contributed by atoms with Crippen molar-refractivity contribution in [1.82, 2.24) is 4.57 Å². The molecular formula is C17H18ClNO2. The molecule has 3 nitrogen and oxygen atoms in total. The summed E-state index contributed by atoms with van der Waals surface area (Å²) in [6.45, 7) is 4.03. The van der Waals surface area contributed by atoms with E-state index in [1.54, 1.807) is 10.6 Å². The molecule has 0 N–H and O–H groups in total. The van der Waals surface area contributed by atoms with Crippen molar-refractivity contribution in [1.29, 1.82) is 0 Å². The zero-order chi connectivity index (χ0) is 15.4. The van der Waals surface area contributed by atoms with Crippen LogP contribution in [0.25, 0.3) is 11.3 Å². The highest BCUT2D eigenvalue weighted by molar-refractivity contribution is 6.63. The van der Waals surface area contributed by atoms with Crippen LogP contribution in [0.1, 0.15) is 31.9 Å². The Morgan fingerprint density at radius 1 is 1.19 bits per heavy atom. The quantitative estimate of drug-likeness (QED) is 0.788. The van der Waals surface area contributed by atoms with Crippen molar-refractivity contribution < 1.29 is 4.79 Å². The summed E-state index contributed by atoms with van der Waals surface area (Å²) >= 11 is 5.42. The Bertz CT molecular complexity index is 692. The highest BCUT2D eigenvalue weighted by Gasteiger charge is 2.15. The number of aromatic nitrogens is 1. The van der Waals surface area contributed by atoms with E-state index in [9.17, 15) is 9.59 Å². The van der Waals surface area contributed by atoms with Crippen molar-refractivity contribution in [2.45, 2.75) is 32.7 Å². The number of halogens is 1. The van der Waals surface area contributed by atoms with Gasteiger partial charge in [0.05, 0.1) is 12.1 Å². The molecule has 0 spiro atoms. The molecule has 1 heterocycles. The van der Waals surface area contributed by atoms with Gasteiger partial charge in [-0.25, -0.2) is 0 Å². The van der Waals surface area contributed by atoms with Crippen LogP contribution in [0.5, 0.6) is 0 Å². The third-order valence-corrected chi connectivity index (χ3v) is 3.76. The molecule has 1 aromatic heterocycles. The molecule has 1 unspecified atom stereocenters. The Labute approximate surface area is 129 Å². The standard InChI is InChI=1S/C17H18ClNO2/c1-3-12(2)19-15(13-7-5-4-6-8-13)10-9-14(17(19)21)11-16(18)20/h4-10,12H,3,11H2,1-2H3. The number of benzene rings is 1. The average molecular weight is 304 g/mol. The highest BCUT2D eigenvalue weighted by atomic mass is 35.5. The maximum Gasteiger partial charge on any atom is 0.254 e. The molecule has 0 aliphatic heterocycles. The molecule has 110 valence electrons. The molecule has 0 bridgehead atoms. The lowest BCUT2D eigenvalue weighted by molar-refractivity contribution is -0.111. The summed E-state index contributed by atoms with van der Waals surface area (Å²) in [6.07, 6.45) is 0.796. The zero-order valence-corrected chi connectivity index (χ0v) is 12.9. The van der Waals surface area contributed by atoms with E-state index in [1.807, 2.05) is 50.2 Å². The van der Waals surface area contributed by atoms with Crippen LogP contribution in [0.4, 0.5) is 0 Å². The van der Waals surface area contributed by atoms with Crippen LogP contribution in [0, 0.1) is 0 Å². The summed E-state index contributed by atoms with van der Waals surface area (Å²) < 4.78 is 1.75. The first-order chi connectivity index (χ1) is 10.0. The predicted octanol–water partition coefficient (Wildman–Crippen LogP) is 3.79. The largest absolute Gasteiger partial charge is 0.305 e. The monoisotopic (exact) mass is 303 g/mol. The van der Waals surface area contributed by atoms with E-state index in [1.165, 1.54) is 0 Å². The van der Waals surface area contributed by atoms with Crippen molar-refractivity contribution in [3.05, 3.63) is 58.4 Å². The first-order valence-electron chi connectivity index (χ1n) is 7.02. The Kier molecular flexibility index (Phi) is 4.97. The maximum atomic E-state index is 12.7. The first-order valence-corrected chi connectivity index (χ1v) is 7.40. The van der Waals surface area contributed by atoms with Crippen LogP contribution in [-0.2, 0) is 11.2 Å². The predicted molar refractivity (Wildman–Crippen MR) is 85.7 cm³/mol. The third kappa shape index (κ3) is 3.42. The topological polar surface area (TPSA) is 39.1 Å². The van der Waals surface area contributed by atoms with Gasteiger partial charge in [-0.2, -0.15) is 0 Å². The van der Waals surface area contributed by atoms with E-state index < -0.39 is 5.24 Å². The minimum atomic E-state index is -0.518. The van der Waals surface area contributed by atoms with Crippen LogP contribution in [-0.4, -0.2) is 9.81 Å². The number of carbonyl (C=O) groups excluding carboxylic acids is 1. The maximum absolute atomic E-state index is 12.7. The molecule has 0 saturated heterocycles. The van der Waals surface area contributed by atoms with E-state index in [0.717, 1.165) is 17.7 Å². The molecule has 1 atom stereocenters. The van der Waals surface area contributed by atoms with Gasteiger partial charge in [0.2, 0.25) is 5.24 Å². The third-order valence-electron chi connectivity index (χ3n) is 3.63. The summed E-state index contributed by atoms with van der Waals surface area (Å²) in [5.74, 6) is 0. The molecule has 2 aromatic rings. The van der Waals surface area contributed by atoms with Crippen molar-refractivity contribution in [3.63, 3.8) is 0 Å². The fourth-order valence-corrected chi connectivity index (χ4v) is 2.49. The van der Waals surface area contributed by atoms with E-state index in [4.69, 9.17) is 11.6 Å². The summed E-state index contributed by atoms with van der Waals surface area (Å²) in [4.78, 5) is 23.7. The Morgan fingerprint density at radius 3 is 2.43 bits per heavy atom. The van der Waals surface area contributed by atoms with Crippen molar-refractivity contribution in [2.75, 3.05) is 0 Å². The van der Waals surface area contributed by atoms with Gasteiger partial charge < -0.3 is 4.57 Å². The molecule has 0 radical (unpaired) electrons. The van der Waals surface area contributed by atoms with Gasteiger partial charge in [0.25, 0.3) is 5.56 Å². The smallest absolute Gasteiger partial charge is 0.254 e. The highest BCUT2D eigenvalue weighted by Crippen LogP contribution is 2.22. The van der Waals surface area contributed by atoms with E-state index in [-0.39, 0.29) is 18.0 Å². The Balaban J connectivity index is 2.64. The van der Waals surface area contributed by atoms with Gasteiger partial charge in [0.1, 0.15) is 0 Å².